The highest BCUT2D eigenvalue weighted by atomic mass is 16.5. The summed E-state index contributed by atoms with van der Waals surface area (Å²) in [6.07, 6.45) is 3.61. The summed E-state index contributed by atoms with van der Waals surface area (Å²) in [6.45, 7) is 7.50. The van der Waals surface area contributed by atoms with Crippen LogP contribution in [-0.2, 0) is 9.53 Å². The van der Waals surface area contributed by atoms with Crippen LogP contribution in [0.4, 0.5) is 0 Å². The number of hydrogen-bond donors (Lipinski definition) is 0. The Bertz CT molecular complexity index is 499. The molecule has 23 heavy (non-hydrogen) atoms. The normalized spacial score (nSPS) is 26.0. The van der Waals surface area contributed by atoms with Gasteiger partial charge in [0.1, 0.15) is 6.10 Å². The minimum atomic E-state index is -0.317. The minimum absolute atomic E-state index is 0.153. The molecule has 4 nitrogen and oxygen atoms in total. The van der Waals surface area contributed by atoms with Crippen molar-refractivity contribution < 1.29 is 9.53 Å². The quantitative estimate of drug-likeness (QED) is 0.808. The van der Waals surface area contributed by atoms with E-state index >= 15 is 0 Å². The van der Waals surface area contributed by atoms with E-state index < -0.39 is 0 Å². The van der Waals surface area contributed by atoms with Gasteiger partial charge in [-0.25, -0.2) is 0 Å². The Labute approximate surface area is 139 Å². The van der Waals surface area contributed by atoms with Gasteiger partial charge in [-0.1, -0.05) is 36.8 Å². The second kappa shape index (κ2) is 7.93. The number of amides is 1. The number of nitrogens with zero attached hydrogens (tertiary/aromatic N) is 2. The number of benzene rings is 1. The van der Waals surface area contributed by atoms with Crippen molar-refractivity contribution in [3.63, 3.8) is 0 Å². The van der Waals surface area contributed by atoms with Gasteiger partial charge in [0.25, 0.3) is 5.91 Å². The number of carbonyl (C=O) groups is 1. The first-order valence-electron chi connectivity index (χ1n) is 8.97. The molecule has 2 saturated heterocycles. The van der Waals surface area contributed by atoms with E-state index in [1.165, 1.54) is 37.9 Å². The van der Waals surface area contributed by atoms with E-state index in [4.69, 9.17) is 4.74 Å². The molecular formula is C19H28N2O2. The lowest BCUT2D eigenvalue weighted by molar-refractivity contribution is -0.137. The Morgan fingerprint density at radius 1 is 1.13 bits per heavy atom. The van der Waals surface area contributed by atoms with Crippen LogP contribution < -0.4 is 0 Å². The van der Waals surface area contributed by atoms with Crippen molar-refractivity contribution in [2.45, 2.75) is 38.2 Å². The molecule has 0 saturated carbocycles. The summed E-state index contributed by atoms with van der Waals surface area (Å²) in [7, 11) is 0. The highest BCUT2D eigenvalue weighted by Crippen LogP contribution is 2.30. The number of rotatable bonds is 6. The molecule has 2 atom stereocenters. The SMILES string of the molecule is CCN1CC(c2ccccc2)C(OCCN2CCCCC2)C1=O. The van der Waals surface area contributed by atoms with E-state index in [0.29, 0.717) is 6.61 Å². The summed E-state index contributed by atoms with van der Waals surface area (Å²) < 4.78 is 6.08. The Hall–Kier alpha value is -1.39. The molecule has 0 bridgehead atoms. The van der Waals surface area contributed by atoms with Crippen LogP contribution in [0.1, 0.15) is 37.7 Å². The first kappa shape index (κ1) is 16.5. The van der Waals surface area contributed by atoms with E-state index in [1.54, 1.807) is 0 Å². The van der Waals surface area contributed by atoms with Crippen LogP contribution in [0.2, 0.25) is 0 Å². The van der Waals surface area contributed by atoms with Gasteiger partial charge in [-0.2, -0.15) is 0 Å². The van der Waals surface area contributed by atoms with Crippen LogP contribution in [0.5, 0.6) is 0 Å². The Kier molecular flexibility index (Phi) is 5.68. The summed E-state index contributed by atoms with van der Waals surface area (Å²) >= 11 is 0. The first-order valence-corrected chi connectivity index (χ1v) is 8.97. The molecule has 2 aliphatic heterocycles. The van der Waals surface area contributed by atoms with Gasteiger partial charge in [0.15, 0.2) is 0 Å². The lowest BCUT2D eigenvalue weighted by Gasteiger charge is -2.27. The summed E-state index contributed by atoms with van der Waals surface area (Å²) in [5, 5.41) is 0. The van der Waals surface area contributed by atoms with Gasteiger partial charge in [0.2, 0.25) is 0 Å². The molecule has 2 fully saturated rings. The summed E-state index contributed by atoms with van der Waals surface area (Å²) in [6, 6.07) is 10.3. The third kappa shape index (κ3) is 3.93. The van der Waals surface area contributed by atoms with Crippen LogP contribution in [0, 0.1) is 0 Å². The number of piperidine rings is 1. The fourth-order valence-electron chi connectivity index (χ4n) is 3.72. The van der Waals surface area contributed by atoms with Gasteiger partial charge in [-0.05, 0) is 38.4 Å². The van der Waals surface area contributed by atoms with Crippen LogP contribution >= 0.6 is 0 Å². The van der Waals surface area contributed by atoms with Crippen LogP contribution in [0.3, 0.4) is 0 Å². The smallest absolute Gasteiger partial charge is 0.252 e. The molecule has 1 amide bonds. The highest BCUT2D eigenvalue weighted by Gasteiger charge is 2.41. The van der Waals surface area contributed by atoms with Gasteiger partial charge in [0.05, 0.1) is 6.61 Å². The largest absolute Gasteiger partial charge is 0.366 e. The van der Waals surface area contributed by atoms with E-state index in [-0.39, 0.29) is 17.9 Å². The minimum Gasteiger partial charge on any atom is -0.366 e. The van der Waals surface area contributed by atoms with Gasteiger partial charge < -0.3 is 14.5 Å². The van der Waals surface area contributed by atoms with E-state index in [2.05, 4.69) is 17.0 Å². The van der Waals surface area contributed by atoms with Gasteiger partial charge in [-0.3, -0.25) is 4.79 Å². The average Bonchev–Trinajstić information content (AvgIpc) is 2.93. The molecule has 0 spiro atoms. The molecule has 1 aromatic carbocycles. The maximum Gasteiger partial charge on any atom is 0.252 e. The fraction of sp³-hybridized carbons (Fsp3) is 0.632. The Balaban J connectivity index is 1.60. The number of hydrogen-bond acceptors (Lipinski definition) is 3. The predicted molar refractivity (Wildman–Crippen MR) is 91.5 cm³/mol. The Morgan fingerprint density at radius 3 is 2.57 bits per heavy atom. The monoisotopic (exact) mass is 316 g/mol. The topological polar surface area (TPSA) is 32.8 Å². The third-order valence-corrected chi connectivity index (χ3v) is 5.10. The fourth-order valence-corrected chi connectivity index (χ4v) is 3.72. The Morgan fingerprint density at radius 2 is 1.87 bits per heavy atom. The van der Waals surface area contributed by atoms with E-state index in [0.717, 1.165) is 19.6 Å². The van der Waals surface area contributed by atoms with Gasteiger partial charge >= 0.3 is 0 Å². The molecule has 0 aliphatic carbocycles. The van der Waals surface area contributed by atoms with Crippen molar-refractivity contribution in [2.24, 2.45) is 0 Å². The second-order valence-electron chi connectivity index (χ2n) is 6.59. The van der Waals surface area contributed by atoms with Crippen LogP contribution in [-0.4, -0.2) is 61.1 Å². The van der Waals surface area contributed by atoms with Gasteiger partial charge in [-0.15, -0.1) is 0 Å². The maximum absolute atomic E-state index is 12.6. The molecule has 0 N–H and O–H groups in total. The molecular weight excluding hydrogens is 288 g/mol. The maximum atomic E-state index is 12.6. The number of likely N-dealkylation sites (N-methyl/N-ethyl adjacent to an activating group) is 1. The molecule has 0 radical (unpaired) electrons. The van der Waals surface area contributed by atoms with Crippen molar-refractivity contribution in [2.75, 3.05) is 39.3 Å². The molecule has 0 aromatic heterocycles. The highest BCUT2D eigenvalue weighted by molar-refractivity contribution is 5.84. The van der Waals surface area contributed by atoms with Crippen LogP contribution in [0.25, 0.3) is 0 Å². The predicted octanol–water partition coefficient (Wildman–Crippen LogP) is 2.50. The van der Waals surface area contributed by atoms with E-state index in [9.17, 15) is 4.79 Å². The molecule has 3 rings (SSSR count). The standard InChI is InChI=1S/C19H28N2O2/c1-2-21-15-17(16-9-5-3-6-10-16)18(19(21)22)23-14-13-20-11-7-4-8-12-20/h3,5-6,9-10,17-18H,2,4,7-8,11-15H2,1H3. The lowest BCUT2D eigenvalue weighted by Crippen LogP contribution is -2.36. The summed E-state index contributed by atoms with van der Waals surface area (Å²) in [5.74, 6) is 0.310. The number of likely N-dealkylation sites (tertiary alicyclic amines) is 2. The van der Waals surface area contributed by atoms with Gasteiger partial charge in [0, 0.05) is 25.6 Å². The van der Waals surface area contributed by atoms with Crippen molar-refractivity contribution >= 4 is 5.91 Å². The lowest BCUT2D eigenvalue weighted by atomic mass is 9.96. The zero-order valence-corrected chi connectivity index (χ0v) is 14.1. The van der Waals surface area contributed by atoms with Crippen molar-refractivity contribution in [1.29, 1.82) is 0 Å². The molecule has 126 valence electrons. The summed E-state index contributed by atoms with van der Waals surface area (Å²) in [4.78, 5) is 17.0. The molecule has 2 aliphatic rings. The number of ether oxygens (including phenoxy) is 1. The van der Waals surface area contributed by atoms with Crippen molar-refractivity contribution in [3.05, 3.63) is 35.9 Å². The zero-order chi connectivity index (χ0) is 16.1. The molecule has 2 unspecified atom stereocenters. The first-order chi connectivity index (χ1) is 11.3. The zero-order valence-electron chi connectivity index (χ0n) is 14.1. The third-order valence-electron chi connectivity index (χ3n) is 5.10. The van der Waals surface area contributed by atoms with Crippen LogP contribution in [0.15, 0.2) is 30.3 Å². The average molecular weight is 316 g/mol. The van der Waals surface area contributed by atoms with Crippen molar-refractivity contribution in [3.8, 4) is 0 Å². The molecule has 1 aromatic rings. The molecule has 4 heteroatoms. The molecule has 2 heterocycles. The number of carbonyl (C=O) groups excluding carboxylic acids is 1. The second-order valence-corrected chi connectivity index (χ2v) is 6.59. The van der Waals surface area contributed by atoms with Crippen molar-refractivity contribution in [1.82, 2.24) is 9.80 Å². The summed E-state index contributed by atoms with van der Waals surface area (Å²) in [5.41, 5.74) is 1.21. The van der Waals surface area contributed by atoms with E-state index in [1.807, 2.05) is 30.0 Å².